The van der Waals surface area contributed by atoms with Gasteiger partial charge in [0, 0.05) is 12.1 Å². The average molecular weight is 457 g/mol. The number of rotatable bonds is 8. The Morgan fingerprint density at radius 3 is 1.56 bits per heavy atom. The summed E-state index contributed by atoms with van der Waals surface area (Å²) in [6.45, 7) is 16.4. The quantitative estimate of drug-likeness (QED) is 0.440. The zero-order valence-electron chi connectivity index (χ0n) is 21.5. The van der Waals surface area contributed by atoms with E-state index < -0.39 is 28.7 Å². The van der Waals surface area contributed by atoms with Crippen LogP contribution < -0.4 is 5.32 Å². The van der Waals surface area contributed by atoms with E-state index >= 15 is 0 Å². The summed E-state index contributed by atoms with van der Waals surface area (Å²) in [5.41, 5.74) is -1.78. The molecule has 0 saturated heterocycles. The highest BCUT2D eigenvalue weighted by Gasteiger charge is 2.34. The molecule has 8 nitrogen and oxygen atoms in total. The third kappa shape index (κ3) is 12.4. The van der Waals surface area contributed by atoms with Crippen LogP contribution in [0.4, 0.5) is 0 Å². The lowest BCUT2D eigenvalue weighted by Crippen LogP contribution is -2.56. The number of nitrogens with zero attached hydrogens (tertiary/aromatic N) is 1. The van der Waals surface area contributed by atoms with E-state index in [-0.39, 0.29) is 37.7 Å². The smallest absolute Gasteiger partial charge is 0.320 e. The highest BCUT2D eigenvalue weighted by Crippen LogP contribution is 2.24. The second kappa shape index (κ2) is 11.5. The normalized spacial score (nSPS) is 20.1. The molecular weight excluding hydrogens is 412 g/mol. The molecule has 0 aromatic heterocycles. The van der Waals surface area contributed by atoms with Crippen LogP contribution in [0.25, 0.3) is 0 Å². The minimum absolute atomic E-state index is 0.0220. The fourth-order valence-corrected chi connectivity index (χ4v) is 3.75. The molecule has 0 spiro atoms. The molecule has 0 aromatic rings. The van der Waals surface area contributed by atoms with Gasteiger partial charge in [-0.1, -0.05) is 12.8 Å². The lowest BCUT2D eigenvalue weighted by molar-refractivity contribution is -0.162. The monoisotopic (exact) mass is 456 g/mol. The van der Waals surface area contributed by atoms with E-state index in [1.54, 1.807) is 0 Å². The van der Waals surface area contributed by atoms with Crippen LogP contribution in [0, 0.1) is 0 Å². The summed E-state index contributed by atoms with van der Waals surface area (Å²) in [6.07, 6.45) is 3.63. The number of esters is 3. The standard InChI is InChI=1S/C24H44N2O6/c1-22(2,3)30-19(27)14-25-17-12-10-11-13-18(17)26(15-20(28)31-23(4,5)6)16-21(29)32-24(7,8)9/h17-18,25H,10-16H2,1-9H3/t17-,18+/m0/s1. The van der Waals surface area contributed by atoms with Crippen molar-refractivity contribution in [3.8, 4) is 0 Å². The summed E-state index contributed by atoms with van der Waals surface area (Å²) in [7, 11) is 0. The highest BCUT2D eigenvalue weighted by atomic mass is 16.6. The summed E-state index contributed by atoms with van der Waals surface area (Å²) >= 11 is 0. The van der Waals surface area contributed by atoms with Crippen LogP contribution in [-0.2, 0) is 28.6 Å². The van der Waals surface area contributed by atoms with Gasteiger partial charge in [0.25, 0.3) is 0 Å². The molecule has 0 bridgehead atoms. The molecule has 186 valence electrons. The van der Waals surface area contributed by atoms with E-state index in [2.05, 4.69) is 5.32 Å². The first-order chi connectivity index (χ1) is 14.5. The first-order valence-corrected chi connectivity index (χ1v) is 11.6. The van der Waals surface area contributed by atoms with Crippen molar-refractivity contribution in [2.24, 2.45) is 0 Å². The molecule has 1 N–H and O–H groups in total. The average Bonchev–Trinajstić information content (AvgIpc) is 2.54. The van der Waals surface area contributed by atoms with Gasteiger partial charge in [-0.2, -0.15) is 0 Å². The van der Waals surface area contributed by atoms with Crippen molar-refractivity contribution in [3.05, 3.63) is 0 Å². The van der Waals surface area contributed by atoms with Gasteiger partial charge in [0.2, 0.25) is 0 Å². The van der Waals surface area contributed by atoms with Crippen molar-refractivity contribution in [2.75, 3.05) is 19.6 Å². The number of carbonyl (C=O) groups is 3. The zero-order valence-corrected chi connectivity index (χ0v) is 21.5. The summed E-state index contributed by atoms with van der Waals surface area (Å²) in [4.78, 5) is 39.2. The Bertz CT molecular complexity index is 612. The lowest BCUT2D eigenvalue weighted by Gasteiger charge is -2.40. The van der Waals surface area contributed by atoms with Gasteiger partial charge in [0.15, 0.2) is 0 Å². The largest absolute Gasteiger partial charge is 0.459 e. The zero-order chi connectivity index (χ0) is 24.7. The van der Waals surface area contributed by atoms with Crippen LogP contribution >= 0.6 is 0 Å². The molecule has 0 amide bonds. The minimum atomic E-state index is -0.615. The molecule has 8 heteroatoms. The summed E-state index contributed by atoms with van der Waals surface area (Å²) in [6, 6.07) is -0.160. The van der Waals surface area contributed by atoms with Gasteiger partial charge in [-0.25, -0.2) is 0 Å². The Labute approximate surface area is 193 Å². The van der Waals surface area contributed by atoms with Crippen molar-refractivity contribution in [1.29, 1.82) is 0 Å². The molecule has 0 radical (unpaired) electrons. The molecule has 0 unspecified atom stereocenters. The summed E-state index contributed by atoms with van der Waals surface area (Å²) in [5.74, 6) is -1.11. The van der Waals surface area contributed by atoms with E-state index in [1.807, 2.05) is 67.2 Å². The Morgan fingerprint density at radius 2 is 1.12 bits per heavy atom. The van der Waals surface area contributed by atoms with Crippen molar-refractivity contribution >= 4 is 17.9 Å². The predicted octanol–water partition coefficient (Wildman–Crippen LogP) is 3.21. The maximum absolute atomic E-state index is 12.6. The van der Waals surface area contributed by atoms with Gasteiger partial charge in [0.1, 0.15) is 16.8 Å². The van der Waals surface area contributed by atoms with Gasteiger partial charge in [-0.05, 0) is 75.2 Å². The Kier molecular flexibility index (Phi) is 10.2. The first-order valence-electron chi connectivity index (χ1n) is 11.6. The van der Waals surface area contributed by atoms with Crippen LogP contribution in [0.2, 0.25) is 0 Å². The van der Waals surface area contributed by atoms with E-state index in [1.165, 1.54) is 0 Å². The lowest BCUT2D eigenvalue weighted by atomic mass is 9.89. The van der Waals surface area contributed by atoms with E-state index in [0.29, 0.717) is 0 Å². The number of nitrogens with one attached hydrogen (secondary N) is 1. The molecule has 32 heavy (non-hydrogen) atoms. The molecule has 1 rings (SSSR count). The second-order valence-corrected chi connectivity index (χ2v) is 11.5. The summed E-state index contributed by atoms with van der Waals surface area (Å²) < 4.78 is 16.4. The molecule has 1 saturated carbocycles. The first kappa shape index (κ1) is 28.4. The molecule has 1 fully saturated rings. The number of hydrogen-bond acceptors (Lipinski definition) is 8. The fraction of sp³-hybridized carbons (Fsp3) is 0.875. The molecule has 0 heterocycles. The SMILES string of the molecule is CC(C)(C)OC(=O)CN[C@H]1CCCC[C@H]1N(CC(=O)OC(C)(C)C)CC(=O)OC(C)(C)C. The molecule has 2 atom stereocenters. The van der Waals surface area contributed by atoms with Crippen LogP contribution in [0.5, 0.6) is 0 Å². The van der Waals surface area contributed by atoms with Gasteiger partial charge in [0.05, 0.1) is 19.6 Å². The Balaban J connectivity index is 2.94. The van der Waals surface area contributed by atoms with Crippen molar-refractivity contribution in [1.82, 2.24) is 10.2 Å². The van der Waals surface area contributed by atoms with E-state index in [0.717, 1.165) is 25.7 Å². The maximum atomic E-state index is 12.6. The van der Waals surface area contributed by atoms with Gasteiger partial charge in [-0.3, -0.25) is 19.3 Å². The maximum Gasteiger partial charge on any atom is 0.320 e. The van der Waals surface area contributed by atoms with Gasteiger partial charge < -0.3 is 19.5 Å². The van der Waals surface area contributed by atoms with Gasteiger partial charge >= 0.3 is 17.9 Å². The minimum Gasteiger partial charge on any atom is -0.459 e. The van der Waals surface area contributed by atoms with Crippen molar-refractivity contribution in [2.45, 2.75) is 117 Å². The highest BCUT2D eigenvalue weighted by molar-refractivity contribution is 5.75. The Hall–Kier alpha value is -1.67. The topological polar surface area (TPSA) is 94.2 Å². The Morgan fingerprint density at radius 1 is 0.719 bits per heavy atom. The second-order valence-electron chi connectivity index (χ2n) is 11.5. The van der Waals surface area contributed by atoms with Gasteiger partial charge in [-0.15, -0.1) is 0 Å². The molecule has 0 aliphatic heterocycles. The molecule has 0 aromatic carbocycles. The van der Waals surface area contributed by atoms with Crippen molar-refractivity contribution < 1.29 is 28.6 Å². The van der Waals surface area contributed by atoms with E-state index in [4.69, 9.17) is 14.2 Å². The van der Waals surface area contributed by atoms with Crippen molar-refractivity contribution in [3.63, 3.8) is 0 Å². The summed E-state index contributed by atoms with van der Waals surface area (Å²) in [5, 5.41) is 3.30. The van der Waals surface area contributed by atoms with E-state index in [9.17, 15) is 14.4 Å². The van der Waals surface area contributed by atoms with Crippen LogP contribution in [0.15, 0.2) is 0 Å². The molecular formula is C24H44N2O6. The van der Waals surface area contributed by atoms with Crippen LogP contribution in [0.3, 0.4) is 0 Å². The van der Waals surface area contributed by atoms with Crippen LogP contribution in [-0.4, -0.2) is 71.3 Å². The predicted molar refractivity (Wildman–Crippen MR) is 123 cm³/mol. The third-order valence-corrected chi connectivity index (χ3v) is 4.63. The fourth-order valence-electron chi connectivity index (χ4n) is 3.75. The number of ether oxygens (including phenoxy) is 3. The number of hydrogen-bond donors (Lipinski definition) is 1. The molecule has 1 aliphatic carbocycles. The number of carbonyl (C=O) groups excluding carboxylic acids is 3. The third-order valence-electron chi connectivity index (χ3n) is 4.63. The van der Waals surface area contributed by atoms with Crippen LogP contribution in [0.1, 0.15) is 88.0 Å². The molecule has 1 aliphatic rings.